The van der Waals surface area contributed by atoms with Crippen LogP contribution in [0.15, 0.2) is 18.2 Å². The Hall–Kier alpha value is -1.59. The van der Waals surface area contributed by atoms with Crippen LogP contribution in [0.3, 0.4) is 0 Å². The van der Waals surface area contributed by atoms with E-state index >= 15 is 0 Å². The van der Waals surface area contributed by atoms with Crippen LogP contribution >= 0.6 is 23.2 Å². The molecular weight excluding hydrogens is 271 g/mol. The summed E-state index contributed by atoms with van der Waals surface area (Å²) in [6.07, 6.45) is 0. The van der Waals surface area contributed by atoms with Crippen LogP contribution in [0, 0.1) is 0 Å². The highest BCUT2D eigenvalue weighted by Gasteiger charge is 2.11. The second-order valence-corrected chi connectivity index (χ2v) is 3.66. The predicted molar refractivity (Wildman–Crippen MR) is 59.9 cm³/mol. The third-order valence-corrected chi connectivity index (χ3v) is 2.16. The molecule has 0 bridgehead atoms. The molecule has 0 unspecified atom stereocenters. The van der Waals surface area contributed by atoms with Crippen LogP contribution in [0.4, 0.5) is 0 Å². The van der Waals surface area contributed by atoms with Gasteiger partial charge in [0.05, 0.1) is 0 Å². The normalized spacial score (nSPS) is 9.76. The lowest BCUT2D eigenvalue weighted by Crippen LogP contribution is -2.10. The summed E-state index contributed by atoms with van der Waals surface area (Å²) >= 11 is 10.5. The van der Waals surface area contributed by atoms with Gasteiger partial charge in [0.1, 0.15) is 5.75 Å². The summed E-state index contributed by atoms with van der Waals surface area (Å²) in [5.41, 5.74) is -0.00268. The van der Waals surface area contributed by atoms with Crippen LogP contribution in [0.25, 0.3) is 0 Å². The second kappa shape index (κ2) is 5.65. The Morgan fingerprint density at radius 2 is 1.53 bits per heavy atom. The predicted octanol–water partition coefficient (Wildman–Crippen LogP) is 1.91. The number of carboxylic acid groups (broad SMARTS) is 1. The third-order valence-electron chi connectivity index (χ3n) is 1.72. The van der Waals surface area contributed by atoms with Crippen molar-refractivity contribution in [1.29, 1.82) is 0 Å². The number of aliphatic carboxylic acids is 1. The number of halogens is 2. The summed E-state index contributed by atoms with van der Waals surface area (Å²) in [4.78, 5) is 32.2. The fourth-order valence-corrected chi connectivity index (χ4v) is 1.27. The van der Waals surface area contributed by atoms with Gasteiger partial charge in [-0.3, -0.25) is 9.59 Å². The number of rotatable bonds is 5. The molecule has 0 aliphatic carbocycles. The van der Waals surface area contributed by atoms with Crippen LogP contribution in [0.2, 0.25) is 0 Å². The molecule has 0 saturated carbocycles. The molecule has 0 saturated heterocycles. The fraction of sp³-hybridized carbons (Fsp3) is 0.100. The van der Waals surface area contributed by atoms with E-state index < -0.39 is 23.1 Å². The molecule has 0 heterocycles. The second-order valence-electron chi connectivity index (χ2n) is 2.98. The van der Waals surface area contributed by atoms with Crippen molar-refractivity contribution in [2.24, 2.45) is 0 Å². The van der Waals surface area contributed by atoms with Crippen molar-refractivity contribution in [3.8, 4) is 5.75 Å². The summed E-state index contributed by atoms with van der Waals surface area (Å²) in [5.74, 6) is -1.16. The molecule has 5 nitrogen and oxygen atoms in total. The molecule has 0 aliphatic rings. The van der Waals surface area contributed by atoms with Crippen LogP contribution in [0.5, 0.6) is 5.75 Å². The Morgan fingerprint density at radius 1 is 1.06 bits per heavy atom. The van der Waals surface area contributed by atoms with Gasteiger partial charge in [0.2, 0.25) is 0 Å². The van der Waals surface area contributed by atoms with Crippen LogP contribution < -0.4 is 4.74 Å². The van der Waals surface area contributed by atoms with Crippen molar-refractivity contribution in [1.82, 2.24) is 0 Å². The standard InChI is InChI=1S/C10H6Cl2O5/c11-9(15)5-1-6(10(12)16)3-7(2-5)17-4-8(13)14/h1-3H,4H2,(H,13,14). The zero-order valence-corrected chi connectivity index (χ0v) is 9.79. The maximum atomic E-state index is 10.9. The SMILES string of the molecule is O=C(O)COc1cc(C(=O)Cl)cc(C(=O)Cl)c1. The Labute approximate surface area is 106 Å². The first-order valence-electron chi connectivity index (χ1n) is 4.29. The summed E-state index contributed by atoms with van der Waals surface area (Å²) in [5, 5.41) is 6.82. The number of ether oxygens (including phenoxy) is 1. The van der Waals surface area contributed by atoms with Crippen LogP contribution in [-0.2, 0) is 4.79 Å². The molecule has 7 heteroatoms. The van der Waals surface area contributed by atoms with Crippen molar-refractivity contribution in [3.63, 3.8) is 0 Å². The number of carbonyl (C=O) groups is 3. The van der Waals surface area contributed by atoms with Gasteiger partial charge in [-0.1, -0.05) is 0 Å². The molecule has 0 aliphatic heterocycles. The van der Waals surface area contributed by atoms with E-state index in [1.807, 2.05) is 0 Å². The Kier molecular flexibility index (Phi) is 4.48. The number of carboxylic acids is 1. The van der Waals surface area contributed by atoms with E-state index in [9.17, 15) is 14.4 Å². The van der Waals surface area contributed by atoms with Gasteiger partial charge >= 0.3 is 5.97 Å². The molecule has 0 aromatic heterocycles. The average Bonchev–Trinajstić information content (AvgIpc) is 2.25. The van der Waals surface area contributed by atoms with Gasteiger partial charge in [0.25, 0.3) is 10.5 Å². The average molecular weight is 277 g/mol. The maximum absolute atomic E-state index is 10.9. The van der Waals surface area contributed by atoms with Gasteiger partial charge in [-0.05, 0) is 41.4 Å². The lowest BCUT2D eigenvalue weighted by Gasteiger charge is -2.06. The quantitative estimate of drug-likeness (QED) is 0.831. The minimum absolute atomic E-state index is 0.00134. The van der Waals surface area contributed by atoms with Gasteiger partial charge in [0, 0.05) is 11.1 Å². The smallest absolute Gasteiger partial charge is 0.341 e. The molecule has 0 fully saturated rings. The molecule has 0 radical (unpaired) electrons. The van der Waals surface area contributed by atoms with Crippen molar-refractivity contribution in [2.45, 2.75) is 0 Å². The minimum Gasteiger partial charge on any atom is -0.482 e. The highest BCUT2D eigenvalue weighted by atomic mass is 35.5. The number of hydrogen-bond acceptors (Lipinski definition) is 4. The molecule has 1 aromatic carbocycles. The van der Waals surface area contributed by atoms with Crippen molar-refractivity contribution in [3.05, 3.63) is 29.3 Å². The third kappa shape index (κ3) is 4.05. The maximum Gasteiger partial charge on any atom is 0.341 e. The van der Waals surface area contributed by atoms with E-state index in [4.69, 9.17) is 33.0 Å². The van der Waals surface area contributed by atoms with Gasteiger partial charge in [-0.2, -0.15) is 0 Å². The number of hydrogen-bond donors (Lipinski definition) is 1. The van der Waals surface area contributed by atoms with Crippen molar-refractivity contribution in [2.75, 3.05) is 6.61 Å². The van der Waals surface area contributed by atoms with Crippen LogP contribution in [0.1, 0.15) is 20.7 Å². The first-order valence-corrected chi connectivity index (χ1v) is 5.05. The summed E-state index contributed by atoms with van der Waals surface area (Å²) in [6, 6.07) is 3.64. The largest absolute Gasteiger partial charge is 0.482 e. The molecular formula is C10H6Cl2O5. The lowest BCUT2D eigenvalue weighted by atomic mass is 10.1. The minimum atomic E-state index is -1.19. The van der Waals surface area contributed by atoms with E-state index in [0.29, 0.717) is 0 Å². The van der Waals surface area contributed by atoms with Gasteiger partial charge in [-0.15, -0.1) is 0 Å². The monoisotopic (exact) mass is 276 g/mol. The number of benzene rings is 1. The molecule has 1 rings (SSSR count). The van der Waals surface area contributed by atoms with Gasteiger partial charge in [-0.25, -0.2) is 4.79 Å². The summed E-state index contributed by atoms with van der Waals surface area (Å²) < 4.78 is 4.83. The summed E-state index contributed by atoms with van der Waals surface area (Å²) in [6.45, 7) is -0.601. The van der Waals surface area contributed by atoms with E-state index in [1.165, 1.54) is 18.2 Å². The van der Waals surface area contributed by atoms with Gasteiger partial charge < -0.3 is 9.84 Å². The van der Waals surface area contributed by atoms with E-state index in [1.54, 1.807) is 0 Å². The Bertz CT molecular complexity index is 451. The lowest BCUT2D eigenvalue weighted by molar-refractivity contribution is -0.139. The van der Waals surface area contributed by atoms with E-state index in [-0.39, 0.29) is 16.9 Å². The highest BCUT2D eigenvalue weighted by molar-refractivity contribution is 6.69. The fourth-order valence-electron chi connectivity index (χ4n) is 1.05. The molecule has 0 atom stereocenters. The van der Waals surface area contributed by atoms with Crippen LogP contribution in [-0.4, -0.2) is 28.2 Å². The summed E-state index contributed by atoms with van der Waals surface area (Å²) in [7, 11) is 0. The first-order chi connectivity index (χ1) is 7.90. The Morgan fingerprint density at radius 3 is 1.88 bits per heavy atom. The number of carbonyl (C=O) groups excluding carboxylic acids is 2. The highest BCUT2D eigenvalue weighted by Crippen LogP contribution is 2.20. The molecule has 90 valence electrons. The first kappa shape index (κ1) is 13.5. The van der Waals surface area contributed by atoms with E-state index in [0.717, 1.165) is 0 Å². The molecule has 0 spiro atoms. The van der Waals surface area contributed by atoms with E-state index in [2.05, 4.69) is 0 Å². The Balaban J connectivity index is 3.08. The van der Waals surface area contributed by atoms with Crippen molar-refractivity contribution >= 4 is 39.7 Å². The zero-order chi connectivity index (χ0) is 13.0. The molecule has 0 amide bonds. The molecule has 1 aromatic rings. The molecule has 1 N–H and O–H groups in total. The van der Waals surface area contributed by atoms with Gasteiger partial charge in [0.15, 0.2) is 6.61 Å². The molecule has 17 heavy (non-hydrogen) atoms. The zero-order valence-electron chi connectivity index (χ0n) is 8.28. The topological polar surface area (TPSA) is 80.7 Å². The van der Waals surface area contributed by atoms with Crippen molar-refractivity contribution < 1.29 is 24.2 Å².